The highest BCUT2D eigenvalue weighted by Crippen LogP contribution is 2.24. The maximum atomic E-state index is 12.3. The number of likely N-dealkylation sites (tertiary alicyclic amines) is 1. The van der Waals surface area contributed by atoms with Crippen LogP contribution in [-0.4, -0.2) is 57.0 Å². The fraction of sp³-hybridized carbons (Fsp3) is 0.357. The zero-order valence-corrected chi connectivity index (χ0v) is 12.0. The number of amides is 1. The van der Waals surface area contributed by atoms with E-state index in [0.29, 0.717) is 37.0 Å². The molecule has 8 heteroatoms. The Kier molecular flexibility index (Phi) is 4.08. The highest BCUT2D eigenvalue weighted by atomic mass is 16.5. The summed E-state index contributed by atoms with van der Waals surface area (Å²) in [5.41, 5.74) is 0.334. The van der Waals surface area contributed by atoms with Gasteiger partial charge in [0.15, 0.2) is 0 Å². The Morgan fingerprint density at radius 1 is 1.18 bits per heavy atom. The number of aromatic nitrogens is 4. The Hall–Kier alpha value is -2.77. The first-order valence-electron chi connectivity index (χ1n) is 6.85. The van der Waals surface area contributed by atoms with Gasteiger partial charge in [0, 0.05) is 37.8 Å². The smallest absolute Gasteiger partial charge is 0.278 e. The molecule has 1 aliphatic heterocycles. The van der Waals surface area contributed by atoms with E-state index in [1.165, 1.54) is 38.1 Å². The standard InChI is InChI=1S/C14H15N5O3/c1-21-12-13(18-6-5-17-12)22-10-2-7-19(9-10)14(20)11-8-15-3-4-16-11/h3-6,8,10H,2,7,9H2,1H3/t10-/m1/s1. The van der Waals surface area contributed by atoms with Crippen LogP contribution in [0, 0.1) is 0 Å². The number of ether oxygens (including phenoxy) is 2. The summed E-state index contributed by atoms with van der Waals surface area (Å²) in [6.45, 7) is 1.07. The fourth-order valence-electron chi connectivity index (χ4n) is 2.27. The van der Waals surface area contributed by atoms with Gasteiger partial charge in [0.25, 0.3) is 17.7 Å². The highest BCUT2D eigenvalue weighted by molar-refractivity contribution is 5.92. The molecule has 1 atom stereocenters. The number of carbonyl (C=O) groups is 1. The van der Waals surface area contributed by atoms with Gasteiger partial charge in [-0.2, -0.15) is 0 Å². The number of hydrogen-bond acceptors (Lipinski definition) is 7. The molecule has 1 aliphatic rings. The fourth-order valence-corrected chi connectivity index (χ4v) is 2.27. The van der Waals surface area contributed by atoms with E-state index in [-0.39, 0.29) is 12.0 Å². The third-order valence-corrected chi connectivity index (χ3v) is 3.32. The van der Waals surface area contributed by atoms with Crippen molar-refractivity contribution in [2.75, 3.05) is 20.2 Å². The van der Waals surface area contributed by atoms with Crippen molar-refractivity contribution in [1.82, 2.24) is 24.8 Å². The van der Waals surface area contributed by atoms with Gasteiger partial charge < -0.3 is 14.4 Å². The molecular weight excluding hydrogens is 286 g/mol. The SMILES string of the molecule is COc1nccnc1O[C@@H]1CCN(C(=O)c2cnccn2)C1. The normalized spacial score (nSPS) is 17.3. The summed E-state index contributed by atoms with van der Waals surface area (Å²) in [4.78, 5) is 30.0. The van der Waals surface area contributed by atoms with Crippen LogP contribution in [0.15, 0.2) is 31.0 Å². The molecule has 0 saturated carbocycles. The molecule has 8 nitrogen and oxygen atoms in total. The summed E-state index contributed by atoms with van der Waals surface area (Å²) in [6, 6.07) is 0. The maximum absolute atomic E-state index is 12.3. The van der Waals surface area contributed by atoms with Gasteiger partial charge in [-0.25, -0.2) is 15.0 Å². The molecule has 0 unspecified atom stereocenters. The van der Waals surface area contributed by atoms with Crippen LogP contribution < -0.4 is 9.47 Å². The van der Waals surface area contributed by atoms with E-state index < -0.39 is 0 Å². The molecule has 3 heterocycles. The monoisotopic (exact) mass is 301 g/mol. The highest BCUT2D eigenvalue weighted by Gasteiger charge is 2.30. The molecular formula is C14H15N5O3. The predicted octanol–water partition coefficient (Wildman–Crippen LogP) is 0.569. The summed E-state index contributed by atoms with van der Waals surface area (Å²) >= 11 is 0. The number of rotatable bonds is 4. The predicted molar refractivity (Wildman–Crippen MR) is 75.6 cm³/mol. The Morgan fingerprint density at radius 3 is 2.68 bits per heavy atom. The minimum Gasteiger partial charge on any atom is -0.477 e. The Bertz CT molecular complexity index is 652. The summed E-state index contributed by atoms with van der Waals surface area (Å²) in [5, 5.41) is 0. The van der Waals surface area contributed by atoms with E-state index in [2.05, 4.69) is 19.9 Å². The van der Waals surface area contributed by atoms with Crippen LogP contribution in [0.5, 0.6) is 11.8 Å². The van der Waals surface area contributed by atoms with Gasteiger partial charge in [0.1, 0.15) is 11.8 Å². The molecule has 0 N–H and O–H groups in total. The molecule has 2 aromatic rings. The van der Waals surface area contributed by atoms with E-state index in [0.717, 1.165) is 0 Å². The Balaban J connectivity index is 1.64. The van der Waals surface area contributed by atoms with Gasteiger partial charge in [-0.3, -0.25) is 9.78 Å². The van der Waals surface area contributed by atoms with Gasteiger partial charge in [0.2, 0.25) is 0 Å². The van der Waals surface area contributed by atoms with Crippen molar-refractivity contribution in [2.24, 2.45) is 0 Å². The molecule has 114 valence electrons. The van der Waals surface area contributed by atoms with Crippen LogP contribution in [0.3, 0.4) is 0 Å². The molecule has 0 aliphatic carbocycles. The molecule has 0 bridgehead atoms. The van der Waals surface area contributed by atoms with E-state index in [1.54, 1.807) is 4.90 Å². The molecule has 0 spiro atoms. The molecule has 1 fully saturated rings. The van der Waals surface area contributed by atoms with Crippen LogP contribution in [0.25, 0.3) is 0 Å². The van der Waals surface area contributed by atoms with Crippen molar-refractivity contribution >= 4 is 5.91 Å². The summed E-state index contributed by atoms with van der Waals surface area (Å²) in [6.07, 6.45) is 8.13. The van der Waals surface area contributed by atoms with E-state index in [4.69, 9.17) is 9.47 Å². The number of carbonyl (C=O) groups excluding carboxylic acids is 1. The first-order chi connectivity index (χ1) is 10.8. The maximum Gasteiger partial charge on any atom is 0.278 e. The number of methoxy groups -OCH3 is 1. The minimum absolute atomic E-state index is 0.147. The lowest BCUT2D eigenvalue weighted by Gasteiger charge is -2.16. The van der Waals surface area contributed by atoms with Crippen molar-refractivity contribution in [1.29, 1.82) is 0 Å². The lowest BCUT2D eigenvalue weighted by Crippen LogP contribution is -2.31. The second-order valence-electron chi connectivity index (χ2n) is 4.74. The molecule has 0 radical (unpaired) electrons. The third kappa shape index (κ3) is 2.95. The quantitative estimate of drug-likeness (QED) is 0.815. The Morgan fingerprint density at radius 2 is 1.95 bits per heavy atom. The second-order valence-corrected chi connectivity index (χ2v) is 4.74. The molecule has 1 amide bonds. The summed E-state index contributed by atoms with van der Waals surface area (Å²) in [7, 11) is 1.51. The molecule has 0 aromatic carbocycles. The zero-order valence-electron chi connectivity index (χ0n) is 12.0. The lowest BCUT2D eigenvalue weighted by atomic mass is 10.3. The van der Waals surface area contributed by atoms with Gasteiger partial charge >= 0.3 is 0 Å². The zero-order chi connectivity index (χ0) is 15.4. The van der Waals surface area contributed by atoms with E-state index >= 15 is 0 Å². The van der Waals surface area contributed by atoms with Crippen molar-refractivity contribution < 1.29 is 14.3 Å². The number of hydrogen-bond donors (Lipinski definition) is 0. The lowest BCUT2D eigenvalue weighted by molar-refractivity contribution is 0.0764. The van der Waals surface area contributed by atoms with Gasteiger partial charge in [0.05, 0.1) is 19.9 Å². The van der Waals surface area contributed by atoms with Crippen LogP contribution in [0.2, 0.25) is 0 Å². The first-order valence-corrected chi connectivity index (χ1v) is 6.85. The van der Waals surface area contributed by atoms with Crippen molar-refractivity contribution in [2.45, 2.75) is 12.5 Å². The average molecular weight is 301 g/mol. The molecule has 22 heavy (non-hydrogen) atoms. The first kappa shape index (κ1) is 14.2. The van der Waals surface area contributed by atoms with E-state index in [1.807, 2.05) is 0 Å². The van der Waals surface area contributed by atoms with Gasteiger partial charge in [-0.1, -0.05) is 0 Å². The largest absolute Gasteiger partial charge is 0.477 e. The summed E-state index contributed by atoms with van der Waals surface area (Å²) in [5.74, 6) is 0.523. The van der Waals surface area contributed by atoms with Crippen LogP contribution in [0.1, 0.15) is 16.9 Å². The topological polar surface area (TPSA) is 90.3 Å². The van der Waals surface area contributed by atoms with Gasteiger partial charge in [-0.05, 0) is 0 Å². The third-order valence-electron chi connectivity index (χ3n) is 3.32. The van der Waals surface area contributed by atoms with E-state index in [9.17, 15) is 4.79 Å². The molecule has 1 saturated heterocycles. The van der Waals surface area contributed by atoms with Crippen LogP contribution in [0.4, 0.5) is 0 Å². The molecule has 2 aromatic heterocycles. The second kappa shape index (κ2) is 6.33. The molecule has 3 rings (SSSR count). The number of nitrogens with zero attached hydrogens (tertiary/aromatic N) is 5. The summed E-state index contributed by atoms with van der Waals surface area (Å²) < 4.78 is 10.9. The average Bonchev–Trinajstić information content (AvgIpc) is 3.04. The van der Waals surface area contributed by atoms with Crippen molar-refractivity contribution in [3.05, 3.63) is 36.7 Å². The van der Waals surface area contributed by atoms with Gasteiger partial charge in [-0.15, -0.1) is 0 Å². The van der Waals surface area contributed by atoms with Crippen molar-refractivity contribution in [3.63, 3.8) is 0 Å². The van der Waals surface area contributed by atoms with Crippen LogP contribution in [-0.2, 0) is 0 Å². The minimum atomic E-state index is -0.148. The van der Waals surface area contributed by atoms with Crippen molar-refractivity contribution in [3.8, 4) is 11.8 Å². The van der Waals surface area contributed by atoms with Crippen LogP contribution >= 0.6 is 0 Å². The Labute approximate surface area is 127 Å².